The van der Waals surface area contributed by atoms with E-state index >= 15 is 0 Å². The monoisotopic (exact) mass is 277 g/mol. The summed E-state index contributed by atoms with van der Waals surface area (Å²) in [6, 6.07) is 19.2. The zero-order valence-electron chi connectivity index (χ0n) is 12.0. The van der Waals surface area contributed by atoms with Crippen molar-refractivity contribution in [2.75, 3.05) is 0 Å². The van der Waals surface area contributed by atoms with Gasteiger partial charge in [-0.2, -0.15) is 0 Å². The first-order valence-electron chi connectivity index (χ1n) is 7.79. The summed E-state index contributed by atoms with van der Waals surface area (Å²) in [5.41, 5.74) is 3.50. The first-order chi connectivity index (χ1) is 10.3. The molecule has 0 aromatic heterocycles. The Balaban J connectivity index is 1.82. The van der Waals surface area contributed by atoms with Gasteiger partial charge in [-0.15, -0.1) is 0 Å². The molecule has 1 saturated carbocycles. The van der Waals surface area contributed by atoms with E-state index in [0.717, 1.165) is 12.0 Å². The fourth-order valence-corrected chi connectivity index (χ4v) is 4.11. The second kappa shape index (κ2) is 5.03. The van der Waals surface area contributed by atoms with Crippen LogP contribution in [0.3, 0.4) is 0 Å². The molecule has 3 atom stereocenters. The maximum atomic E-state index is 12.3. The Hall–Kier alpha value is -2.09. The number of nitrogens with one attached hydrogen (secondary N) is 1. The summed E-state index contributed by atoms with van der Waals surface area (Å²) in [6.45, 7) is 0. The standard InChI is InChI=1S/C19H19NO/c21-19-16-10-5-4-9-15(16)18-14(11-6-12-17(18)20-19)13-7-2-1-3-8-13/h1-5,7-10,14,17-18H,6,11-12H2,(H,20,21). The second-order valence-corrected chi connectivity index (χ2v) is 6.14. The van der Waals surface area contributed by atoms with E-state index in [2.05, 4.69) is 47.8 Å². The molecule has 2 aliphatic rings. The molecule has 2 heteroatoms. The minimum atomic E-state index is 0.0977. The second-order valence-electron chi connectivity index (χ2n) is 6.14. The highest BCUT2D eigenvalue weighted by Crippen LogP contribution is 2.46. The van der Waals surface area contributed by atoms with Gasteiger partial charge in [-0.3, -0.25) is 4.79 Å². The van der Waals surface area contributed by atoms with Crippen LogP contribution in [0, 0.1) is 0 Å². The van der Waals surface area contributed by atoms with Crippen LogP contribution in [0.2, 0.25) is 0 Å². The summed E-state index contributed by atoms with van der Waals surface area (Å²) in [5, 5.41) is 3.24. The third kappa shape index (κ3) is 2.06. The Morgan fingerprint density at radius 2 is 1.67 bits per heavy atom. The lowest BCUT2D eigenvalue weighted by atomic mass is 9.67. The molecular weight excluding hydrogens is 258 g/mol. The fraction of sp³-hybridized carbons (Fsp3) is 0.316. The Labute approximate surface area is 125 Å². The molecule has 4 rings (SSSR count). The summed E-state index contributed by atoms with van der Waals surface area (Å²) in [6.07, 6.45) is 3.48. The predicted octanol–water partition coefficient (Wildman–Crippen LogP) is 3.85. The molecule has 1 N–H and O–H groups in total. The summed E-state index contributed by atoms with van der Waals surface area (Å²) < 4.78 is 0. The molecule has 0 bridgehead atoms. The SMILES string of the molecule is O=C1NC2CCCC(c3ccccc3)C2c2ccccc21. The van der Waals surface area contributed by atoms with E-state index in [4.69, 9.17) is 0 Å². The lowest BCUT2D eigenvalue weighted by Crippen LogP contribution is -2.48. The van der Waals surface area contributed by atoms with Gasteiger partial charge in [-0.1, -0.05) is 55.0 Å². The summed E-state index contributed by atoms with van der Waals surface area (Å²) in [4.78, 5) is 12.3. The van der Waals surface area contributed by atoms with Gasteiger partial charge in [0.15, 0.2) is 0 Å². The highest BCUT2D eigenvalue weighted by Gasteiger charge is 2.40. The number of fused-ring (bicyclic) bond motifs is 3. The average Bonchev–Trinajstić information content (AvgIpc) is 2.55. The molecule has 1 amide bonds. The quantitative estimate of drug-likeness (QED) is 0.843. The van der Waals surface area contributed by atoms with Gasteiger partial charge in [-0.25, -0.2) is 0 Å². The molecule has 0 radical (unpaired) electrons. The van der Waals surface area contributed by atoms with Gasteiger partial charge in [0.2, 0.25) is 0 Å². The van der Waals surface area contributed by atoms with E-state index in [-0.39, 0.29) is 11.9 Å². The van der Waals surface area contributed by atoms with Gasteiger partial charge in [0, 0.05) is 17.5 Å². The van der Waals surface area contributed by atoms with E-state index in [1.807, 2.05) is 12.1 Å². The molecule has 1 fully saturated rings. The Kier molecular flexibility index (Phi) is 3.03. The van der Waals surface area contributed by atoms with Crippen LogP contribution in [0.5, 0.6) is 0 Å². The van der Waals surface area contributed by atoms with Crippen LogP contribution < -0.4 is 5.32 Å². The minimum Gasteiger partial charge on any atom is -0.349 e. The summed E-state index contributed by atoms with van der Waals surface area (Å²) in [7, 11) is 0. The highest BCUT2D eigenvalue weighted by molar-refractivity contribution is 5.97. The third-order valence-corrected chi connectivity index (χ3v) is 5.01. The zero-order chi connectivity index (χ0) is 14.2. The van der Waals surface area contributed by atoms with Gasteiger partial charge in [0.25, 0.3) is 5.91 Å². The number of carbonyl (C=O) groups excluding carboxylic acids is 1. The average molecular weight is 277 g/mol. The molecule has 0 spiro atoms. The number of hydrogen-bond acceptors (Lipinski definition) is 1. The Morgan fingerprint density at radius 3 is 2.52 bits per heavy atom. The van der Waals surface area contributed by atoms with Crippen molar-refractivity contribution in [1.29, 1.82) is 0 Å². The van der Waals surface area contributed by atoms with E-state index in [0.29, 0.717) is 11.8 Å². The van der Waals surface area contributed by atoms with Crippen molar-refractivity contribution in [3.05, 3.63) is 71.3 Å². The van der Waals surface area contributed by atoms with Crippen molar-refractivity contribution in [3.8, 4) is 0 Å². The van der Waals surface area contributed by atoms with Gasteiger partial charge < -0.3 is 5.32 Å². The first kappa shape index (κ1) is 12.6. The van der Waals surface area contributed by atoms with Crippen LogP contribution in [0.4, 0.5) is 0 Å². The van der Waals surface area contributed by atoms with E-state index < -0.39 is 0 Å². The van der Waals surface area contributed by atoms with Gasteiger partial charge >= 0.3 is 0 Å². The molecule has 2 aromatic rings. The van der Waals surface area contributed by atoms with Crippen LogP contribution in [0.15, 0.2) is 54.6 Å². The number of hydrogen-bond donors (Lipinski definition) is 1. The predicted molar refractivity (Wildman–Crippen MR) is 83.5 cm³/mol. The van der Waals surface area contributed by atoms with Crippen molar-refractivity contribution in [2.45, 2.75) is 37.1 Å². The normalized spacial score (nSPS) is 27.4. The molecule has 2 nitrogen and oxygen atoms in total. The topological polar surface area (TPSA) is 29.1 Å². The van der Waals surface area contributed by atoms with Crippen molar-refractivity contribution in [3.63, 3.8) is 0 Å². The molecule has 1 aliphatic heterocycles. The third-order valence-electron chi connectivity index (χ3n) is 5.01. The smallest absolute Gasteiger partial charge is 0.251 e. The van der Waals surface area contributed by atoms with E-state index in [9.17, 15) is 4.79 Å². The van der Waals surface area contributed by atoms with Crippen molar-refractivity contribution in [1.82, 2.24) is 5.32 Å². The van der Waals surface area contributed by atoms with Crippen molar-refractivity contribution < 1.29 is 4.79 Å². The minimum absolute atomic E-state index is 0.0977. The molecule has 2 aromatic carbocycles. The molecule has 106 valence electrons. The maximum absolute atomic E-state index is 12.3. The van der Waals surface area contributed by atoms with E-state index in [1.54, 1.807) is 0 Å². The van der Waals surface area contributed by atoms with E-state index in [1.165, 1.54) is 24.0 Å². The Morgan fingerprint density at radius 1 is 0.905 bits per heavy atom. The summed E-state index contributed by atoms with van der Waals surface area (Å²) >= 11 is 0. The van der Waals surface area contributed by atoms with Gasteiger partial charge in [0.05, 0.1) is 0 Å². The highest BCUT2D eigenvalue weighted by atomic mass is 16.1. The first-order valence-corrected chi connectivity index (χ1v) is 7.79. The van der Waals surface area contributed by atoms with Crippen LogP contribution in [-0.2, 0) is 0 Å². The fourth-order valence-electron chi connectivity index (χ4n) is 4.11. The molecule has 1 heterocycles. The summed E-state index contributed by atoms with van der Waals surface area (Å²) in [5.74, 6) is 1.02. The maximum Gasteiger partial charge on any atom is 0.251 e. The van der Waals surface area contributed by atoms with Crippen LogP contribution >= 0.6 is 0 Å². The molecule has 0 saturated heterocycles. The molecule has 1 aliphatic carbocycles. The Bertz CT molecular complexity index is 664. The largest absolute Gasteiger partial charge is 0.349 e. The van der Waals surface area contributed by atoms with Gasteiger partial charge in [0.1, 0.15) is 0 Å². The molecule has 3 unspecified atom stereocenters. The number of rotatable bonds is 1. The van der Waals surface area contributed by atoms with Crippen LogP contribution in [-0.4, -0.2) is 11.9 Å². The lowest BCUT2D eigenvalue weighted by Gasteiger charge is -2.42. The molecular formula is C19H19NO. The van der Waals surface area contributed by atoms with Crippen LogP contribution in [0.25, 0.3) is 0 Å². The number of benzene rings is 2. The number of carbonyl (C=O) groups is 1. The lowest BCUT2D eigenvalue weighted by molar-refractivity contribution is 0.0894. The molecule has 21 heavy (non-hydrogen) atoms. The van der Waals surface area contributed by atoms with Crippen molar-refractivity contribution >= 4 is 5.91 Å². The zero-order valence-corrected chi connectivity index (χ0v) is 12.0. The van der Waals surface area contributed by atoms with Crippen molar-refractivity contribution in [2.24, 2.45) is 0 Å². The number of amides is 1. The van der Waals surface area contributed by atoms with Crippen LogP contribution in [0.1, 0.15) is 52.6 Å². The van der Waals surface area contributed by atoms with Gasteiger partial charge in [-0.05, 0) is 36.0 Å².